The van der Waals surface area contributed by atoms with E-state index in [-0.39, 0.29) is 5.92 Å². The summed E-state index contributed by atoms with van der Waals surface area (Å²) in [7, 11) is 1.70. The predicted molar refractivity (Wildman–Crippen MR) is 141 cm³/mol. The number of para-hydroxylation sites is 2. The number of hydrogen-bond acceptors (Lipinski definition) is 7. The lowest BCUT2D eigenvalue weighted by Gasteiger charge is -2.39. The topological polar surface area (TPSA) is 61.8 Å². The Kier molecular flexibility index (Phi) is 7.39. The van der Waals surface area contributed by atoms with Crippen LogP contribution in [0.15, 0.2) is 48.5 Å². The van der Waals surface area contributed by atoms with Crippen LogP contribution in [0.4, 0.5) is 10.8 Å². The summed E-state index contributed by atoms with van der Waals surface area (Å²) in [5.74, 6) is 2.10. The Morgan fingerprint density at radius 2 is 1.71 bits per heavy atom. The van der Waals surface area contributed by atoms with E-state index in [1.807, 2.05) is 47.4 Å². The molecule has 2 aliphatic rings. The van der Waals surface area contributed by atoms with Crippen LogP contribution in [-0.4, -0.2) is 66.5 Å². The van der Waals surface area contributed by atoms with Crippen molar-refractivity contribution >= 4 is 39.9 Å². The van der Waals surface area contributed by atoms with Gasteiger partial charge in [-0.2, -0.15) is 4.37 Å². The van der Waals surface area contributed by atoms with Crippen LogP contribution in [0.5, 0.6) is 5.75 Å². The molecule has 2 aliphatic heterocycles. The van der Waals surface area contributed by atoms with Crippen molar-refractivity contribution in [2.45, 2.75) is 19.3 Å². The standard InChI is InChI=1S/C26H30ClN5O2S/c1-34-23-5-3-2-4-22(23)30-14-16-31(17-15-30)25(33)20-10-12-32(13-11-20)26-28-24(29-35-26)18-19-6-8-21(27)9-7-19/h2-9,20H,10-18H2,1H3. The van der Waals surface area contributed by atoms with Crippen molar-refractivity contribution in [2.75, 3.05) is 56.2 Å². The quantitative estimate of drug-likeness (QED) is 0.490. The van der Waals surface area contributed by atoms with E-state index >= 15 is 0 Å². The van der Waals surface area contributed by atoms with E-state index < -0.39 is 0 Å². The maximum Gasteiger partial charge on any atom is 0.225 e. The molecule has 0 spiro atoms. The van der Waals surface area contributed by atoms with Gasteiger partial charge in [0.2, 0.25) is 11.0 Å². The molecule has 0 unspecified atom stereocenters. The van der Waals surface area contributed by atoms with Crippen LogP contribution in [0.25, 0.3) is 0 Å². The van der Waals surface area contributed by atoms with Crippen molar-refractivity contribution in [3.05, 3.63) is 64.9 Å². The monoisotopic (exact) mass is 511 g/mol. The molecule has 0 atom stereocenters. The number of aromatic nitrogens is 2. The van der Waals surface area contributed by atoms with Crippen molar-refractivity contribution in [2.24, 2.45) is 5.92 Å². The zero-order chi connectivity index (χ0) is 24.2. The molecule has 2 saturated heterocycles. The average molecular weight is 512 g/mol. The van der Waals surface area contributed by atoms with Gasteiger partial charge in [-0.3, -0.25) is 4.79 Å². The normalized spacial score (nSPS) is 17.0. The highest BCUT2D eigenvalue weighted by Crippen LogP contribution is 2.30. The van der Waals surface area contributed by atoms with E-state index in [0.717, 1.165) is 85.1 Å². The Balaban J connectivity index is 1.11. The van der Waals surface area contributed by atoms with Crippen molar-refractivity contribution in [1.29, 1.82) is 0 Å². The van der Waals surface area contributed by atoms with E-state index in [1.54, 1.807) is 7.11 Å². The van der Waals surface area contributed by atoms with E-state index in [2.05, 4.69) is 20.2 Å². The summed E-state index contributed by atoms with van der Waals surface area (Å²) in [5, 5.41) is 1.68. The Morgan fingerprint density at radius 1 is 1.00 bits per heavy atom. The summed E-state index contributed by atoms with van der Waals surface area (Å²) >= 11 is 7.42. The van der Waals surface area contributed by atoms with Gasteiger partial charge in [-0.05, 0) is 42.7 Å². The average Bonchev–Trinajstić information content (AvgIpc) is 3.38. The molecular formula is C26H30ClN5O2S. The van der Waals surface area contributed by atoms with E-state index in [0.29, 0.717) is 12.3 Å². The summed E-state index contributed by atoms with van der Waals surface area (Å²) in [6.07, 6.45) is 2.42. The van der Waals surface area contributed by atoms with Crippen LogP contribution in [0.3, 0.4) is 0 Å². The number of halogens is 1. The van der Waals surface area contributed by atoms with Crippen molar-refractivity contribution in [1.82, 2.24) is 14.3 Å². The molecular weight excluding hydrogens is 482 g/mol. The van der Waals surface area contributed by atoms with Crippen LogP contribution < -0.4 is 14.5 Å². The minimum absolute atomic E-state index is 0.0884. The molecule has 9 heteroatoms. The second kappa shape index (κ2) is 10.8. The lowest BCUT2D eigenvalue weighted by molar-refractivity contribution is -0.136. The second-order valence-corrected chi connectivity index (χ2v) is 10.2. The fraction of sp³-hybridized carbons (Fsp3) is 0.423. The number of methoxy groups -OCH3 is 1. The molecule has 0 radical (unpaired) electrons. The van der Waals surface area contributed by atoms with Gasteiger partial charge in [0.05, 0.1) is 12.8 Å². The predicted octanol–water partition coefficient (Wildman–Crippen LogP) is 4.36. The first-order chi connectivity index (χ1) is 17.1. The van der Waals surface area contributed by atoms with Gasteiger partial charge in [-0.1, -0.05) is 35.9 Å². The van der Waals surface area contributed by atoms with Crippen LogP contribution in [0.2, 0.25) is 5.02 Å². The van der Waals surface area contributed by atoms with Gasteiger partial charge in [0.1, 0.15) is 11.6 Å². The van der Waals surface area contributed by atoms with Crippen LogP contribution >= 0.6 is 23.1 Å². The SMILES string of the molecule is COc1ccccc1N1CCN(C(=O)C2CCN(c3nc(Cc4ccc(Cl)cc4)ns3)CC2)CC1. The third-order valence-electron chi connectivity index (χ3n) is 6.86. The molecule has 0 N–H and O–H groups in total. The Labute approximate surface area is 215 Å². The molecule has 5 rings (SSSR count). The largest absolute Gasteiger partial charge is 0.495 e. The molecule has 0 saturated carbocycles. The zero-order valence-corrected chi connectivity index (χ0v) is 21.5. The number of piperazine rings is 1. The van der Waals surface area contributed by atoms with Gasteiger partial charge in [0, 0.05) is 68.2 Å². The van der Waals surface area contributed by atoms with Gasteiger partial charge >= 0.3 is 0 Å². The molecule has 2 aromatic carbocycles. The molecule has 0 aliphatic carbocycles. The zero-order valence-electron chi connectivity index (χ0n) is 19.9. The van der Waals surface area contributed by atoms with Gasteiger partial charge < -0.3 is 19.4 Å². The number of benzene rings is 2. The lowest BCUT2D eigenvalue weighted by Crippen LogP contribution is -2.51. The maximum absolute atomic E-state index is 13.2. The first kappa shape index (κ1) is 23.9. The highest BCUT2D eigenvalue weighted by Gasteiger charge is 2.31. The molecule has 1 aromatic heterocycles. The van der Waals surface area contributed by atoms with Crippen molar-refractivity contribution < 1.29 is 9.53 Å². The Hall–Kier alpha value is -2.84. The van der Waals surface area contributed by atoms with Gasteiger partial charge in [-0.25, -0.2) is 4.98 Å². The number of carbonyl (C=O) groups excluding carboxylic acids is 1. The van der Waals surface area contributed by atoms with Crippen molar-refractivity contribution in [3.8, 4) is 5.75 Å². The van der Waals surface area contributed by atoms with Crippen LogP contribution in [0, 0.1) is 5.92 Å². The lowest BCUT2D eigenvalue weighted by atomic mass is 9.95. The third kappa shape index (κ3) is 5.54. The first-order valence-corrected chi connectivity index (χ1v) is 13.2. The Bertz CT molecular complexity index is 1140. The summed E-state index contributed by atoms with van der Waals surface area (Å²) in [5.41, 5.74) is 2.25. The minimum atomic E-state index is 0.0884. The number of rotatable bonds is 6. The number of amides is 1. The smallest absolute Gasteiger partial charge is 0.225 e. The van der Waals surface area contributed by atoms with Crippen LogP contribution in [-0.2, 0) is 11.2 Å². The molecule has 184 valence electrons. The highest BCUT2D eigenvalue weighted by molar-refractivity contribution is 7.09. The summed E-state index contributed by atoms with van der Waals surface area (Å²) in [4.78, 5) is 24.6. The molecule has 3 heterocycles. The van der Waals surface area contributed by atoms with E-state index in [9.17, 15) is 4.79 Å². The molecule has 35 heavy (non-hydrogen) atoms. The fourth-order valence-electron chi connectivity index (χ4n) is 4.86. The minimum Gasteiger partial charge on any atom is -0.495 e. The summed E-state index contributed by atoms with van der Waals surface area (Å²) in [6.45, 7) is 4.84. The number of ether oxygens (including phenoxy) is 1. The molecule has 2 fully saturated rings. The van der Waals surface area contributed by atoms with Gasteiger partial charge in [0.25, 0.3) is 0 Å². The number of nitrogens with zero attached hydrogens (tertiary/aromatic N) is 5. The molecule has 1 amide bonds. The summed E-state index contributed by atoms with van der Waals surface area (Å²) in [6, 6.07) is 15.9. The number of anilines is 2. The molecule has 7 nitrogen and oxygen atoms in total. The number of hydrogen-bond donors (Lipinski definition) is 0. The van der Waals surface area contributed by atoms with E-state index in [1.165, 1.54) is 11.5 Å². The first-order valence-electron chi connectivity index (χ1n) is 12.1. The maximum atomic E-state index is 13.2. The number of carbonyl (C=O) groups is 1. The molecule has 3 aromatic rings. The molecule has 0 bridgehead atoms. The van der Waals surface area contributed by atoms with Crippen LogP contribution in [0.1, 0.15) is 24.2 Å². The summed E-state index contributed by atoms with van der Waals surface area (Å²) < 4.78 is 10.1. The second-order valence-electron chi connectivity index (χ2n) is 9.04. The fourth-order valence-corrected chi connectivity index (χ4v) is 5.73. The van der Waals surface area contributed by atoms with Gasteiger partial charge in [0.15, 0.2) is 0 Å². The Morgan fingerprint density at radius 3 is 2.43 bits per heavy atom. The highest BCUT2D eigenvalue weighted by atomic mass is 35.5. The third-order valence-corrected chi connectivity index (χ3v) is 7.93. The number of piperidine rings is 1. The van der Waals surface area contributed by atoms with Gasteiger partial charge in [-0.15, -0.1) is 0 Å². The van der Waals surface area contributed by atoms with Crippen molar-refractivity contribution in [3.63, 3.8) is 0 Å². The van der Waals surface area contributed by atoms with E-state index in [4.69, 9.17) is 21.3 Å².